The molecule has 0 spiro atoms. The average molecular weight is 263 g/mol. The second-order valence-electron chi connectivity index (χ2n) is 4.57. The molecule has 0 fully saturated rings. The highest BCUT2D eigenvalue weighted by Crippen LogP contribution is 2.34. The van der Waals surface area contributed by atoms with Crippen LogP contribution in [0, 0.1) is 0 Å². The molecule has 1 aliphatic rings. The fourth-order valence-electron chi connectivity index (χ4n) is 2.44. The van der Waals surface area contributed by atoms with E-state index in [9.17, 15) is 0 Å². The summed E-state index contributed by atoms with van der Waals surface area (Å²) in [6.07, 6.45) is 4.92. The van der Waals surface area contributed by atoms with Crippen LogP contribution < -0.4 is 4.74 Å². The number of aromatic nitrogens is 2. The average Bonchev–Trinajstić information content (AvgIpc) is 2.87. The van der Waals surface area contributed by atoms with Crippen molar-refractivity contribution < 1.29 is 4.74 Å². The number of fused-ring (bicyclic) bond motifs is 1. The summed E-state index contributed by atoms with van der Waals surface area (Å²) in [4.78, 5) is 4.26. The molecule has 1 unspecified atom stereocenters. The summed E-state index contributed by atoms with van der Waals surface area (Å²) in [5.41, 5.74) is 2.22. The van der Waals surface area contributed by atoms with E-state index in [0.29, 0.717) is 11.8 Å². The molecule has 1 aliphatic heterocycles. The van der Waals surface area contributed by atoms with Crippen molar-refractivity contribution in [3.8, 4) is 5.75 Å². The lowest BCUT2D eigenvalue weighted by Crippen LogP contribution is -2.18. The van der Waals surface area contributed by atoms with E-state index >= 15 is 0 Å². The maximum Gasteiger partial charge on any atom is 0.122 e. The van der Waals surface area contributed by atoms with Crippen molar-refractivity contribution in [2.24, 2.45) is 0 Å². The van der Waals surface area contributed by atoms with Gasteiger partial charge >= 0.3 is 0 Å². The minimum atomic E-state index is 0.470. The molecule has 1 atom stereocenters. The molecule has 94 valence electrons. The highest BCUT2D eigenvalue weighted by molar-refractivity contribution is 6.16. The van der Waals surface area contributed by atoms with Gasteiger partial charge in [-0.3, -0.25) is 0 Å². The number of para-hydroxylation sites is 1. The molecule has 18 heavy (non-hydrogen) atoms. The summed E-state index contributed by atoms with van der Waals surface area (Å²) in [5.74, 6) is 1.98. The van der Waals surface area contributed by atoms with E-state index in [0.717, 1.165) is 31.0 Å². The van der Waals surface area contributed by atoms with Gasteiger partial charge in [0.05, 0.1) is 24.5 Å². The Morgan fingerprint density at radius 3 is 3.11 bits per heavy atom. The van der Waals surface area contributed by atoms with Gasteiger partial charge in [0.1, 0.15) is 5.75 Å². The van der Waals surface area contributed by atoms with Crippen molar-refractivity contribution in [2.45, 2.75) is 24.8 Å². The molecule has 0 saturated heterocycles. The molecule has 3 rings (SSSR count). The van der Waals surface area contributed by atoms with E-state index in [-0.39, 0.29) is 0 Å². The maximum atomic E-state index is 5.77. The van der Waals surface area contributed by atoms with Gasteiger partial charge in [0, 0.05) is 18.7 Å². The zero-order chi connectivity index (χ0) is 12.4. The lowest BCUT2D eigenvalue weighted by Gasteiger charge is -2.26. The molecule has 2 aromatic rings. The third-order valence-electron chi connectivity index (χ3n) is 3.34. The summed E-state index contributed by atoms with van der Waals surface area (Å²) < 4.78 is 7.79. The maximum absolute atomic E-state index is 5.77. The monoisotopic (exact) mass is 262 g/mol. The number of benzene rings is 1. The van der Waals surface area contributed by atoms with Gasteiger partial charge in [0.25, 0.3) is 0 Å². The standard InChI is InChI=1S/C14H15ClN2O/c15-7-12-9-17(10-16-12)8-11-5-6-18-14-4-2-1-3-13(11)14/h1-4,9-11H,5-8H2. The summed E-state index contributed by atoms with van der Waals surface area (Å²) in [6, 6.07) is 8.28. The second-order valence-corrected chi connectivity index (χ2v) is 4.83. The molecule has 1 aromatic heterocycles. The Labute approximate surface area is 111 Å². The number of imidazole rings is 1. The quantitative estimate of drug-likeness (QED) is 0.795. The fraction of sp³-hybridized carbons (Fsp3) is 0.357. The van der Waals surface area contributed by atoms with Crippen molar-refractivity contribution in [2.75, 3.05) is 6.61 Å². The summed E-state index contributed by atoms with van der Waals surface area (Å²) in [5, 5.41) is 0. The number of ether oxygens (including phenoxy) is 1. The molecule has 0 radical (unpaired) electrons. The van der Waals surface area contributed by atoms with Crippen molar-refractivity contribution in [1.29, 1.82) is 0 Å². The van der Waals surface area contributed by atoms with E-state index in [1.807, 2.05) is 24.7 Å². The van der Waals surface area contributed by atoms with Crippen LogP contribution in [0.2, 0.25) is 0 Å². The Morgan fingerprint density at radius 2 is 2.28 bits per heavy atom. The van der Waals surface area contributed by atoms with Crippen LogP contribution in [0.25, 0.3) is 0 Å². The Morgan fingerprint density at radius 1 is 1.39 bits per heavy atom. The van der Waals surface area contributed by atoms with Crippen molar-refractivity contribution in [1.82, 2.24) is 9.55 Å². The Balaban J connectivity index is 1.81. The predicted molar refractivity (Wildman–Crippen MR) is 71.1 cm³/mol. The molecule has 0 saturated carbocycles. The van der Waals surface area contributed by atoms with Gasteiger partial charge in [-0.1, -0.05) is 18.2 Å². The molecule has 3 nitrogen and oxygen atoms in total. The summed E-state index contributed by atoms with van der Waals surface area (Å²) in [7, 11) is 0. The van der Waals surface area contributed by atoms with Crippen LogP contribution in [0.4, 0.5) is 0 Å². The van der Waals surface area contributed by atoms with E-state index in [1.54, 1.807) is 0 Å². The van der Waals surface area contributed by atoms with Gasteiger partial charge in [-0.2, -0.15) is 0 Å². The van der Waals surface area contributed by atoms with Gasteiger partial charge in [-0.05, 0) is 18.1 Å². The van der Waals surface area contributed by atoms with E-state index in [1.165, 1.54) is 5.56 Å². The molecule has 4 heteroatoms. The number of hydrogen-bond donors (Lipinski definition) is 0. The van der Waals surface area contributed by atoms with Crippen molar-refractivity contribution in [3.05, 3.63) is 48.0 Å². The first-order chi connectivity index (χ1) is 8.86. The number of nitrogens with zero attached hydrogens (tertiary/aromatic N) is 2. The first kappa shape index (κ1) is 11.6. The topological polar surface area (TPSA) is 27.1 Å². The Bertz CT molecular complexity index is 538. The van der Waals surface area contributed by atoms with E-state index in [2.05, 4.69) is 21.7 Å². The third-order valence-corrected chi connectivity index (χ3v) is 3.61. The van der Waals surface area contributed by atoms with E-state index < -0.39 is 0 Å². The number of alkyl halides is 1. The normalized spacial score (nSPS) is 18.2. The van der Waals surface area contributed by atoms with Crippen LogP contribution in [0.3, 0.4) is 0 Å². The van der Waals surface area contributed by atoms with Gasteiger partial charge in [-0.25, -0.2) is 4.98 Å². The lowest BCUT2D eigenvalue weighted by molar-refractivity contribution is 0.259. The van der Waals surface area contributed by atoms with Gasteiger partial charge in [0.2, 0.25) is 0 Å². The molecule has 2 heterocycles. The minimum Gasteiger partial charge on any atom is -0.493 e. The highest BCUT2D eigenvalue weighted by atomic mass is 35.5. The van der Waals surface area contributed by atoms with Crippen LogP contribution in [0.1, 0.15) is 23.6 Å². The summed E-state index contributed by atoms with van der Waals surface area (Å²) in [6.45, 7) is 1.73. The fourth-order valence-corrected chi connectivity index (χ4v) is 2.57. The first-order valence-electron chi connectivity index (χ1n) is 6.15. The summed E-state index contributed by atoms with van der Waals surface area (Å²) >= 11 is 5.77. The number of rotatable bonds is 3. The third kappa shape index (κ3) is 2.23. The smallest absolute Gasteiger partial charge is 0.122 e. The van der Waals surface area contributed by atoms with Gasteiger partial charge in [-0.15, -0.1) is 11.6 Å². The Kier molecular flexibility index (Phi) is 3.24. The molecular weight excluding hydrogens is 248 g/mol. The van der Waals surface area contributed by atoms with Crippen LogP contribution in [0.15, 0.2) is 36.8 Å². The number of halogens is 1. The SMILES string of the molecule is ClCc1cn(CC2CCOc3ccccc32)cn1. The van der Waals surface area contributed by atoms with E-state index in [4.69, 9.17) is 16.3 Å². The lowest BCUT2D eigenvalue weighted by atomic mass is 9.93. The number of hydrogen-bond acceptors (Lipinski definition) is 2. The van der Waals surface area contributed by atoms with Crippen molar-refractivity contribution >= 4 is 11.6 Å². The largest absolute Gasteiger partial charge is 0.493 e. The molecular formula is C14H15ClN2O. The Hall–Kier alpha value is -1.48. The first-order valence-corrected chi connectivity index (χ1v) is 6.68. The molecule has 0 bridgehead atoms. The van der Waals surface area contributed by atoms with Crippen LogP contribution in [0.5, 0.6) is 5.75 Å². The van der Waals surface area contributed by atoms with Crippen LogP contribution in [-0.4, -0.2) is 16.2 Å². The second kappa shape index (κ2) is 5.02. The van der Waals surface area contributed by atoms with Gasteiger partial charge in [0.15, 0.2) is 0 Å². The molecule has 1 aromatic carbocycles. The van der Waals surface area contributed by atoms with Crippen molar-refractivity contribution in [3.63, 3.8) is 0 Å². The minimum absolute atomic E-state index is 0.470. The molecule has 0 N–H and O–H groups in total. The molecule has 0 amide bonds. The predicted octanol–water partition coefficient (Wildman–Crippen LogP) is 3.19. The molecule has 0 aliphatic carbocycles. The highest BCUT2D eigenvalue weighted by Gasteiger charge is 2.21. The van der Waals surface area contributed by atoms with Crippen LogP contribution >= 0.6 is 11.6 Å². The zero-order valence-corrected chi connectivity index (χ0v) is 10.8. The zero-order valence-electron chi connectivity index (χ0n) is 10.1. The van der Waals surface area contributed by atoms with Crippen LogP contribution in [-0.2, 0) is 12.4 Å². The van der Waals surface area contributed by atoms with Gasteiger partial charge < -0.3 is 9.30 Å².